The van der Waals surface area contributed by atoms with Gasteiger partial charge in [-0.3, -0.25) is 4.79 Å². The summed E-state index contributed by atoms with van der Waals surface area (Å²) in [6.07, 6.45) is 0.821. The SMILES string of the molecule is O=Cc1ccc2c(c1)OCCSCCOCCSCCO2. The van der Waals surface area contributed by atoms with E-state index >= 15 is 0 Å². The van der Waals surface area contributed by atoms with Crippen molar-refractivity contribution in [1.82, 2.24) is 0 Å². The molecule has 6 heteroatoms. The molecule has 0 aromatic heterocycles. The molecule has 0 unspecified atom stereocenters. The van der Waals surface area contributed by atoms with Gasteiger partial charge in [0.2, 0.25) is 0 Å². The molecule has 1 aliphatic rings. The van der Waals surface area contributed by atoms with Gasteiger partial charge < -0.3 is 14.2 Å². The molecule has 4 nitrogen and oxygen atoms in total. The number of thioether (sulfide) groups is 2. The van der Waals surface area contributed by atoms with Crippen LogP contribution in [-0.4, -0.2) is 55.7 Å². The fraction of sp³-hybridized carbons (Fsp3) is 0.533. The zero-order valence-corrected chi connectivity index (χ0v) is 13.5. The van der Waals surface area contributed by atoms with Crippen molar-refractivity contribution in [2.75, 3.05) is 49.4 Å². The molecule has 0 spiro atoms. The highest BCUT2D eigenvalue weighted by atomic mass is 32.2. The smallest absolute Gasteiger partial charge is 0.161 e. The lowest BCUT2D eigenvalue weighted by molar-refractivity contribution is 0.112. The van der Waals surface area contributed by atoms with E-state index in [0.29, 0.717) is 30.3 Å². The van der Waals surface area contributed by atoms with Gasteiger partial charge in [-0.25, -0.2) is 0 Å². The van der Waals surface area contributed by atoms with E-state index in [2.05, 4.69) is 0 Å². The van der Waals surface area contributed by atoms with Crippen LogP contribution in [0.1, 0.15) is 10.4 Å². The van der Waals surface area contributed by atoms with Gasteiger partial charge >= 0.3 is 0 Å². The quantitative estimate of drug-likeness (QED) is 0.739. The van der Waals surface area contributed by atoms with E-state index in [4.69, 9.17) is 14.2 Å². The second kappa shape index (κ2) is 9.97. The second-order valence-corrected chi connectivity index (χ2v) is 6.81. The molecule has 0 atom stereocenters. The molecule has 0 saturated heterocycles. The van der Waals surface area contributed by atoms with Gasteiger partial charge in [0.1, 0.15) is 6.29 Å². The molecule has 0 fully saturated rings. The zero-order chi connectivity index (χ0) is 14.8. The van der Waals surface area contributed by atoms with E-state index in [-0.39, 0.29) is 0 Å². The first-order valence-corrected chi connectivity index (χ1v) is 9.29. The van der Waals surface area contributed by atoms with Gasteiger partial charge in [-0.2, -0.15) is 23.5 Å². The number of carbonyl (C=O) groups excluding carboxylic acids is 1. The van der Waals surface area contributed by atoms with E-state index in [9.17, 15) is 4.79 Å². The summed E-state index contributed by atoms with van der Waals surface area (Å²) in [5.74, 6) is 5.12. The first-order chi connectivity index (χ1) is 10.4. The maximum atomic E-state index is 10.9. The van der Waals surface area contributed by atoms with Gasteiger partial charge in [0.15, 0.2) is 11.5 Å². The van der Waals surface area contributed by atoms with E-state index < -0.39 is 0 Å². The standard InChI is InChI=1S/C15H20O4S2/c16-12-13-1-2-14-15(11-13)19-6-10-21-8-4-17-3-7-20-9-5-18-14/h1-2,11-12H,3-10H2. The van der Waals surface area contributed by atoms with Gasteiger partial charge in [0, 0.05) is 28.6 Å². The largest absolute Gasteiger partial charge is 0.489 e. The van der Waals surface area contributed by atoms with Gasteiger partial charge in [0.25, 0.3) is 0 Å². The van der Waals surface area contributed by atoms with Gasteiger partial charge in [-0.05, 0) is 18.2 Å². The van der Waals surface area contributed by atoms with E-state index in [1.54, 1.807) is 30.0 Å². The van der Waals surface area contributed by atoms with Crippen molar-refractivity contribution < 1.29 is 19.0 Å². The molecule has 2 rings (SSSR count). The highest BCUT2D eigenvalue weighted by molar-refractivity contribution is 7.99. The van der Waals surface area contributed by atoms with E-state index in [0.717, 1.165) is 42.5 Å². The lowest BCUT2D eigenvalue weighted by atomic mass is 10.2. The van der Waals surface area contributed by atoms with Crippen LogP contribution in [0.3, 0.4) is 0 Å². The summed E-state index contributed by atoms with van der Waals surface area (Å²) < 4.78 is 17.0. The number of aldehydes is 1. The first-order valence-electron chi connectivity index (χ1n) is 6.98. The number of rotatable bonds is 1. The van der Waals surface area contributed by atoms with Crippen molar-refractivity contribution in [3.05, 3.63) is 23.8 Å². The Bertz CT molecular complexity index is 440. The van der Waals surface area contributed by atoms with Crippen LogP contribution in [0.5, 0.6) is 11.5 Å². The van der Waals surface area contributed by atoms with E-state index in [1.807, 2.05) is 11.8 Å². The zero-order valence-electron chi connectivity index (χ0n) is 11.9. The van der Waals surface area contributed by atoms with Gasteiger partial charge in [0.05, 0.1) is 26.4 Å². The summed E-state index contributed by atoms with van der Waals surface area (Å²) in [4.78, 5) is 10.9. The normalized spacial score (nSPS) is 18.3. The molecule has 0 saturated carbocycles. The monoisotopic (exact) mass is 328 g/mol. The summed E-state index contributed by atoms with van der Waals surface area (Å²) in [6.45, 7) is 2.79. The van der Waals surface area contributed by atoms with Crippen LogP contribution in [0.15, 0.2) is 18.2 Å². The lowest BCUT2D eigenvalue weighted by Gasteiger charge is -2.13. The Kier molecular flexibility index (Phi) is 7.85. The Morgan fingerprint density at radius 1 is 0.857 bits per heavy atom. The average molecular weight is 328 g/mol. The second-order valence-electron chi connectivity index (χ2n) is 4.36. The molecule has 1 aromatic carbocycles. The maximum absolute atomic E-state index is 10.9. The predicted octanol–water partition coefficient (Wildman–Crippen LogP) is 2.75. The highest BCUT2D eigenvalue weighted by Gasteiger charge is 2.07. The number of benzene rings is 1. The van der Waals surface area contributed by atoms with Gasteiger partial charge in [-0.1, -0.05) is 0 Å². The molecule has 1 aliphatic heterocycles. The van der Waals surface area contributed by atoms with Crippen molar-refractivity contribution in [2.45, 2.75) is 0 Å². The number of ether oxygens (including phenoxy) is 3. The fourth-order valence-corrected chi connectivity index (χ4v) is 3.08. The molecular weight excluding hydrogens is 308 g/mol. The summed E-state index contributed by atoms with van der Waals surface area (Å²) in [5.41, 5.74) is 0.602. The minimum absolute atomic E-state index is 0.595. The molecule has 1 aromatic rings. The van der Waals surface area contributed by atoms with Crippen molar-refractivity contribution >= 4 is 29.8 Å². The Hall–Kier alpha value is -0.850. The van der Waals surface area contributed by atoms with Crippen LogP contribution in [0, 0.1) is 0 Å². The molecule has 0 bridgehead atoms. The Balaban J connectivity index is 1.98. The van der Waals surface area contributed by atoms with Crippen molar-refractivity contribution in [3.63, 3.8) is 0 Å². The summed E-state index contributed by atoms with van der Waals surface area (Å²) in [5, 5.41) is 0. The summed E-state index contributed by atoms with van der Waals surface area (Å²) in [7, 11) is 0. The maximum Gasteiger partial charge on any atom is 0.161 e. The summed E-state index contributed by atoms with van der Waals surface area (Å²) >= 11 is 3.62. The van der Waals surface area contributed by atoms with E-state index in [1.165, 1.54) is 0 Å². The number of carbonyl (C=O) groups is 1. The van der Waals surface area contributed by atoms with Crippen LogP contribution >= 0.6 is 23.5 Å². The van der Waals surface area contributed by atoms with Gasteiger partial charge in [-0.15, -0.1) is 0 Å². The van der Waals surface area contributed by atoms with Crippen LogP contribution in [0.25, 0.3) is 0 Å². The minimum Gasteiger partial charge on any atom is -0.489 e. The molecule has 1 heterocycles. The highest BCUT2D eigenvalue weighted by Crippen LogP contribution is 2.28. The van der Waals surface area contributed by atoms with Crippen LogP contribution in [0.4, 0.5) is 0 Å². The van der Waals surface area contributed by atoms with Crippen LogP contribution in [0.2, 0.25) is 0 Å². The minimum atomic E-state index is 0.595. The van der Waals surface area contributed by atoms with Crippen molar-refractivity contribution in [2.24, 2.45) is 0 Å². The molecule has 21 heavy (non-hydrogen) atoms. The Labute approximate surface area is 133 Å². The third-order valence-corrected chi connectivity index (χ3v) is 4.64. The predicted molar refractivity (Wildman–Crippen MR) is 88.3 cm³/mol. The molecule has 116 valence electrons. The average Bonchev–Trinajstić information content (AvgIpc) is 2.52. The number of hydrogen-bond acceptors (Lipinski definition) is 6. The Morgan fingerprint density at radius 2 is 1.48 bits per heavy atom. The first kappa shape index (κ1) is 16.5. The Morgan fingerprint density at radius 3 is 2.14 bits per heavy atom. The molecular formula is C15H20O4S2. The summed E-state index contributed by atoms with van der Waals surface area (Å²) in [6, 6.07) is 5.29. The lowest BCUT2D eigenvalue weighted by Crippen LogP contribution is -2.06. The van der Waals surface area contributed by atoms with Crippen molar-refractivity contribution in [1.29, 1.82) is 0 Å². The van der Waals surface area contributed by atoms with Crippen LogP contribution in [-0.2, 0) is 4.74 Å². The topological polar surface area (TPSA) is 44.8 Å². The molecule has 0 radical (unpaired) electrons. The van der Waals surface area contributed by atoms with Crippen LogP contribution < -0.4 is 9.47 Å². The molecule has 0 N–H and O–H groups in total. The molecule has 0 amide bonds. The number of fused-ring (bicyclic) bond motifs is 1. The fourth-order valence-electron chi connectivity index (χ4n) is 1.79. The van der Waals surface area contributed by atoms with Crippen molar-refractivity contribution in [3.8, 4) is 11.5 Å². The molecule has 0 aliphatic carbocycles. The third kappa shape index (κ3) is 6.20. The third-order valence-electron chi connectivity index (χ3n) is 2.82. The number of hydrogen-bond donors (Lipinski definition) is 0.